The highest BCUT2D eigenvalue weighted by Crippen LogP contribution is 2.28. The van der Waals surface area contributed by atoms with Crippen LogP contribution in [0.2, 0.25) is 0 Å². The van der Waals surface area contributed by atoms with Gasteiger partial charge in [-0.15, -0.1) is 0 Å². The van der Waals surface area contributed by atoms with E-state index in [1.54, 1.807) is 12.1 Å². The van der Waals surface area contributed by atoms with Crippen molar-refractivity contribution >= 4 is 0 Å². The molecule has 0 N–H and O–H groups in total. The number of nitrogens with zero attached hydrogens (tertiary/aromatic N) is 3. The summed E-state index contributed by atoms with van der Waals surface area (Å²) in [6.45, 7) is 2.95. The fourth-order valence-corrected chi connectivity index (χ4v) is 3.65. The third-order valence-corrected chi connectivity index (χ3v) is 4.93. The van der Waals surface area contributed by atoms with E-state index in [0.717, 1.165) is 55.1 Å². The van der Waals surface area contributed by atoms with Gasteiger partial charge < -0.3 is 0 Å². The highest BCUT2D eigenvalue weighted by Gasteiger charge is 2.23. The van der Waals surface area contributed by atoms with Crippen LogP contribution in [0.3, 0.4) is 0 Å². The minimum atomic E-state index is -0.228. The smallest absolute Gasteiger partial charge is 0.123 e. The van der Waals surface area contributed by atoms with Gasteiger partial charge in [-0.1, -0.05) is 24.3 Å². The van der Waals surface area contributed by atoms with Gasteiger partial charge in [0.1, 0.15) is 5.82 Å². The zero-order valence-electron chi connectivity index (χ0n) is 14.7. The van der Waals surface area contributed by atoms with Gasteiger partial charge in [0.25, 0.3) is 0 Å². The largest absolute Gasteiger partial charge is 0.297 e. The van der Waals surface area contributed by atoms with E-state index in [2.05, 4.69) is 22.0 Å². The van der Waals surface area contributed by atoms with Crippen molar-refractivity contribution in [1.29, 1.82) is 0 Å². The molecule has 0 saturated carbocycles. The topological polar surface area (TPSA) is 29.0 Å². The molecule has 1 fully saturated rings. The summed E-state index contributed by atoms with van der Waals surface area (Å²) in [7, 11) is 0. The normalized spacial score (nSPS) is 18.0. The van der Waals surface area contributed by atoms with Crippen LogP contribution in [0, 0.1) is 5.82 Å². The van der Waals surface area contributed by atoms with Gasteiger partial charge in [0.05, 0.1) is 11.4 Å². The van der Waals surface area contributed by atoms with Gasteiger partial charge in [0, 0.05) is 36.5 Å². The maximum atomic E-state index is 13.5. The van der Waals surface area contributed by atoms with Crippen molar-refractivity contribution in [3.8, 4) is 11.3 Å². The molecule has 132 valence electrons. The molecule has 1 aliphatic rings. The molecule has 3 aromatic rings. The molecule has 2 aromatic heterocycles. The van der Waals surface area contributed by atoms with Crippen molar-refractivity contribution < 1.29 is 4.39 Å². The highest BCUT2D eigenvalue weighted by atomic mass is 19.1. The van der Waals surface area contributed by atoms with E-state index in [-0.39, 0.29) is 5.82 Å². The number of hydrogen-bond acceptors (Lipinski definition) is 3. The van der Waals surface area contributed by atoms with Gasteiger partial charge in [0.2, 0.25) is 0 Å². The van der Waals surface area contributed by atoms with Crippen molar-refractivity contribution in [2.45, 2.75) is 25.3 Å². The minimum Gasteiger partial charge on any atom is -0.297 e. The second kappa shape index (κ2) is 7.75. The van der Waals surface area contributed by atoms with E-state index in [1.807, 2.05) is 36.5 Å². The number of hydrogen-bond donors (Lipinski definition) is 0. The number of aromatic nitrogens is 2. The van der Waals surface area contributed by atoms with Crippen LogP contribution in [-0.2, 0) is 6.54 Å². The van der Waals surface area contributed by atoms with Crippen molar-refractivity contribution in [2.75, 3.05) is 13.1 Å². The van der Waals surface area contributed by atoms with Crippen LogP contribution in [0.5, 0.6) is 0 Å². The van der Waals surface area contributed by atoms with Crippen molar-refractivity contribution in [1.82, 2.24) is 14.9 Å². The quantitative estimate of drug-likeness (QED) is 0.687. The third-order valence-electron chi connectivity index (χ3n) is 4.93. The Labute approximate surface area is 153 Å². The Bertz CT molecular complexity index is 866. The lowest BCUT2D eigenvalue weighted by molar-refractivity contribution is 0.196. The summed E-state index contributed by atoms with van der Waals surface area (Å²) in [6, 6.07) is 18.8. The maximum absolute atomic E-state index is 13.5. The Balaban J connectivity index is 1.51. The van der Waals surface area contributed by atoms with Gasteiger partial charge in [0.15, 0.2) is 0 Å². The Morgan fingerprint density at radius 1 is 1.04 bits per heavy atom. The van der Waals surface area contributed by atoms with Crippen molar-refractivity contribution in [3.63, 3.8) is 0 Å². The minimum absolute atomic E-state index is 0.228. The summed E-state index contributed by atoms with van der Waals surface area (Å²) >= 11 is 0. The lowest BCUT2D eigenvalue weighted by Gasteiger charge is -2.32. The molecule has 3 nitrogen and oxygen atoms in total. The summed E-state index contributed by atoms with van der Waals surface area (Å²) in [5.41, 5.74) is 3.86. The van der Waals surface area contributed by atoms with E-state index >= 15 is 0 Å². The number of benzene rings is 1. The maximum Gasteiger partial charge on any atom is 0.123 e. The zero-order chi connectivity index (χ0) is 17.8. The second-order valence-corrected chi connectivity index (χ2v) is 6.85. The summed E-state index contributed by atoms with van der Waals surface area (Å²) in [4.78, 5) is 11.7. The first-order chi connectivity index (χ1) is 12.8. The average Bonchev–Trinajstić information content (AvgIpc) is 2.69. The van der Waals surface area contributed by atoms with Gasteiger partial charge in [-0.25, -0.2) is 4.39 Å². The SMILES string of the molecule is Fc1cccc(-c2cccc(C3CCCN(Cc4ccccn4)C3)n2)c1. The van der Waals surface area contributed by atoms with E-state index in [4.69, 9.17) is 4.98 Å². The van der Waals surface area contributed by atoms with E-state index < -0.39 is 0 Å². The standard InChI is InChI=1S/C22H22FN3/c23-19-8-3-6-17(14-19)21-10-4-11-22(25-21)18-7-5-13-26(15-18)16-20-9-1-2-12-24-20/h1-4,6,8-12,14,18H,5,7,13,15-16H2. The lowest BCUT2D eigenvalue weighted by atomic mass is 9.93. The molecule has 0 spiro atoms. The van der Waals surface area contributed by atoms with Crippen molar-refractivity contribution in [3.05, 3.63) is 84.1 Å². The lowest BCUT2D eigenvalue weighted by Crippen LogP contribution is -2.34. The molecule has 1 aromatic carbocycles. The summed E-state index contributed by atoms with van der Waals surface area (Å²) in [6.07, 6.45) is 4.14. The predicted octanol–water partition coefficient (Wildman–Crippen LogP) is 4.66. The van der Waals surface area contributed by atoms with Crippen LogP contribution in [0.4, 0.5) is 4.39 Å². The van der Waals surface area contributed by atoms with Crippen LogP contribution in [-0.4, -0.2) is 28.0 Å². The summed E-state index contributed by atoms with van der Waals surface area (Å²) < 4.78 is 13.5. The molecule has 1 unspecified atom stereocenters. The van der Waals surface area contributed by atoms with E-state index in [1.165, 1.54) is 6.07 Å². The van der Waals surface area contributed by atoms with Crippen LogP contribution >= 0.6 is 0 Å². The molecule has 1 saturated heterocycles. The number of halogens is 1. The molecule has 3 heterocycles. The van der Waals surface area contributed by atoms with Crippen LogP contribution in [0.15, 0.2) is 66.9 Å². The molecule has 4 heteroatoms. The zero-order valence-corrected chi connectivity index (χ0v) is 14.7. The first-order valence-corrected chi connectivity index (χ1v) is 9.13. The van der Waals surface area contributed by atoms with E-state index in [9.17, 15) is 4.39 Å². The number of rotatable bonds is 4. The molecule has 0 bridgehead atoms. The molecule has 0 amide bonds. The molecule has 0 radical (unpaired) electrons. The number of likely N-dealkylation sites (tertiary alicyclic amines) is 1. The molecule has 26 heavy (non-hydrogen) atoms. The molecular formula is C22H22FN3. The van der Waals surface area contributed by atoms with Crippen LogP contribution in [0.1, 0.15) is 30.1 Å². The Kier molecular flexibility index (Phi) is 5.02. The second-order valence-electron chi connectivity index (χ2n) is 6.85. The molecule has 1 atom stereocenters. The van der Waals surface area contributed by atoms with Gasteiger partial charge >= 0.3 is 0 Å². The monoisotopic (exact) mass is 347 g/mol. The molecule has 0 aliphatic carbocycles. The first-order valence-electron chi connectivity index (χ1n) is 9.13. The fraction of sp³-hybridized carbons (Fsp3) is 0.273. The Hall–Kier alpha value is -2.59. The molecular weight excluding hydrogens is 325 g/mol. The van der Waals surface area contributed by atoms with Crippen LogP contribution < -0.4 is 0 Å². The van der Waals surface area contributed by atoms with Gasteiger partial charge in [-0.2, -0.15) is 0 Å². The Morgan fingerprint density at radius 2 is 1.96 bits per heavy atom. The first kappa shape index (κ1) is 16.9. The third kappa shape index (κ3) is 3.97. The summed E-state index contributed by atoms with van der Waals surface area (Å²) in [5.74, 6) is 0.176. The van der Waals surface area contributed by atoms with E-state index in [0.29, 0.717) is 5.92 Å². The van der Waals surface area contributed by atoms with Gasteiger partial charge in [-0.05, 0) is 55.8 Å². The molecule has 4 rings (SSSR count). The number of pyridine rings is 2. The predicted molar refractivity (Wildman–Crippen MR) is 101 cm³/mol. The fourth-order valence-electron chi connectivity index (χ4n) is 3.65. The average molecular weight is 347 g/mol. The van der Waals surface area contributed by atoms with Gasteiger partial charge in [-0.3, -0.25) is 14.9 Å². The number of piperidine rings is 1. The summed E-state index contributed by atoms with van der Waals surface area (Å²) in [5, 5.41) is 0. The molecule has 1 aliphatic heterocycles. The Morgan fingerprint density at radius 3 is 2.81 bits per heavy atom. The van der Waals surface area contributed by atoms with Crippen LogP contribution in [0.25, 0.3) is 11.3 Å². The van der Waals surface area contributed by atoms with Crippen molar-refractivity contribution in [2.24, 2.45) is 0 Å². The highest BCUT2D eigenvalue weighted by molar-refractivity contribution is 5.59.